The summed E-state index contributed by atoms with van der Waals surface area (Å²) in [5, 5.41) is 6.46. The van der Waals surface area contributed by atoms with Crippen molar-refractivity contribution in [2.75, 3.05) is 10.6 Å². The van der Waals surface area contributed by atoms with Gasteiger partial charge in [0.25, 0.3) is 5.91 Å². The van der Waals surface area contributed by atoms with Gasteiger partial charge in [-0.2, -0.15) is 0 Å². The fraction of sp³-hybridized carbons (Fsp3) is 0.0556. The fourth-order valence-electron chi connectivity index (χ4n) is 2.13. The number of hydrogen-bond donors (Lipinski definition) is 2. The lowest BCUT2D eigenvalue weighted by Gasteiger charge is -2.09. The standard InChI is InChI=1S/C18H13Cl2FN4O/c19-12-3-6-15(14(20)9-12)24-17(26)16-7-8-22-18(25-16)23-10-11-1-4-13(21)5-2-11/h1-9H,10H2,(H,24,26)(H,22,23,25). The van der Waals surface area contributed by atoms with Crippen LogP contribution in [-0.2, 0) is 6.54 Å². The van der Waals surface area contributed by atoms with Gasteiger partial charge in [0.15, 0.2) is 0 Å². The van der Waals surface area contributed by atoms with E-state index in [0.717, 1.165) is 5.56 Å². The fourth-order valence-corrected chi connectivity index (χ4v) is 2.59. The van der Waals surface area contributed by atoms with Crippen LogP contribution in [0.15, 0.2) is 54.7 Å². The number of amides is 1. The second kappa shape index (κ2) is 8.12. The van der Waals surface area contributed by atoms with E-state index in [2.05, 4.69) is 20.6 Å². The van der Waals surface area contributed by atoms with Gasteiger partial charge in [0.2, 0.25) is 5.95 Å². The lowest BCUT2D eigenvalue weighted by atomic mass is 10.2. The summed E-state index contributed by atoms with van der Waals surface area (Å²) in [6.45, 7) is 0.397. The van der Waals surface area contributed by atoms with Gasteiger partial charge in [0, 0.05) is 17.8 Å². The minimum atomic E-state index is -0.429. The van der Waals surface area contributed by atoms with Gasteiger partial charge in [-0.1, -0.05) is 35.3 Å². The van der Waals surface area contributed by atoms with Crippen molar-refractivity contribution in [3.8, 4) is 0 Å². The molecule has 0 fully saturated rings. The first-order valence-corrected chi connectivity index (χ1v) is 8.34. The average Bonchev–Trinajstić information content (AvgIpc) is 2.64. The molecule has 8 heteroatoms. The molecule has 0 saturated carbocycles. The summed E-state index contributed by atoms with van der Waals surface area (Å²) in [6.07, 6.45) is 1.47. The Morgan fingerprint density at radius 2 is 1.85 bits per heavy atom. The van der Waals surface area contributed by atoms with E-state index in [1.807, 2.05) is 0 Å². The number of nitrogens with zero attached hydrogens (tertiary/aromatic N) is 2. The molecule has 0 aliphatic rings. The van der Waals surface area contributed by atoms with Gasteiger partial charge in [0.1, 0.15) is 11.5 Å². The highest BCUT2D eigenvalue weighted by atomic mass is 35.5. The second-order valence-corrected chi connectivity index (χ2v) is 6.17. The van der Waals surface area contributed by atoms with Gasteiger partial charge in [-0.3, -0.25) is 4.79 Å². The largest absolute Gasteiger partial charge is 0.350 e. The number of carbonyl (C=O) groups excluding carboxylic acids is 1. The monoisotopic (exact) mass is 390 g/mol. The normalized spacial score (nSPS) is 10.4. The van der Waals surface area contributed by atoms with E-state index in [4.69, 9.17) is 23.2 Å². The maximum atomic E-state index is 12.9. The average molecular weight is 391 g/mol. The Morgan fingerprint density at radius 3 is 2.58 bits per heavy atom. The molecule has 0 saturated heterocycles. The Morgan fingerprint density at radius 1 is 1.08 bits per heavy atom. The van der Waals surface area contributed by atoms with E-state index in [1.54, 1.807) is 24.3 Å². The van der Waals surface area contributed by atoms with Crippen LogP contribution < -0.4 is 10.6 Å². The Bertz CT molecular complexity index is 935. The summed E-state index contributed by atoms with van der Waals surface area (Å²) in [5.41, 5.74) is 1.46. The predicted octanol–water partition coefficient (Wildman–Crippen LogP) is 4.79. The van der Waals surface area contributed by atoms with Crippen LogP contribution in [0.25, 0.3) is 0 Å². The highest BCUT2D eigenvalue weighted by Gasteiger charge is 2.11. The molecular weight excluding hydrogens is 378 g/mol. The number of halogens is 3. The van der Waals surface area contributed by atoms with E-state index in [-0.39, 0.29) is 17.5 Å². The van der Waals surface area contributed by atoms with Crippen molar-refractivity contribution in [1.29, 1.82) is 0 Å². The maximum absolute atomic E-state index is 12.9. The molecule has 1 heterocycles. The van der Waals surface area contributed by atoms with Crippen LogP contribution in [0.4, 0.5) is 16.0 Å². The van der Waals surface area contributed by atoms with Crippen LogP contribution in [0.3, 0.4) is 0 Å². The van der Waals surface area contributed by atoms with Gasteiger partial charge < -0.3 is 10.6 Å². The van der Waals surface area contributed by atoms with E-state index < -0.39 is 5.91 Å². The van der Waals surface area contributed by atoms with E-state index in [0.29, 0.717) is 22.3 Å². The van der Waals surface area contributed by atoms with Crippen molar-refractivity contribution < 1.29 is 9.18 Å². The molecule has 0 atom stereocenters. The number of nitrogens with one attached hydrogen (secondary N) is 2. The van der Waals surface area contributed by atoms with Gasteiger partial charge in [-0.25, -0.2) is 14.4 Å². The zero-order valence-corrected chi connectivity index (χ0v) is 14.9. The number of carbonyl (C=O) groups is 1. The molecule has 5 nitrogen and oxygen atoms in total. The molecule has 132 valence electrons. The first kappa shape index (κ1) is 18.1. The third kappa shape index (κ3) is 4.68. The highest BCUT2D eigenvalue weighted by molar-refractivity contribution is 6.36. The van der Waals surface area contributed by atoms with Crippen LogP contribution in [0.5, 0.6) is 0 Å². The molecule has 0 bridgehead atoms. The minimum absolute atomic E-state index is 0.174. The summed E-state index contributed by atoms with van der Waals surface area (Å²) >= 11 is 11.9. The topological polar surface area (TPSA) is 66.9 Å². The van der Waals surface area contributed by atoms with Gasteiger partial charge in [-0.15, -0.1) is 0 Å². The summed E-state index contributed by atoms with van der Waals surface area (Å²) < 4.78 is 12.9. The van der Waals surface area contributed by atoms with Crippen molar-refractivity contribution in [1.82, 2.24) is 9.97 Å². The molecule has 0 radical (unpaired) electrons. The Labute approximate surface area is 159 Å². The molecule has 3 aromatic rings. The van der Waals surface area contributed by atoms with Crippen molar-refractivity contribution in [2.24, 2.45) is 0 Å². The smallest absolute Gasteiger partial charge is 0.274 e. The lowest BCUT2D eigenvalue weighted by molar-refractivity contribution is 0.102. The van der Waals surface area contributed by atoms with Crippen LogP contribution in [0.1, 0.15) is 16.1 Å². The molecule has 3 rings (SSSR count). The summed E-state index contributed by atoms with van der Waals surface area (Å²) in [5.74, 6) is -0.449. The Balaban J connectivity index is 1.67. The molecule has 0 spiro atoms. The quantitative estimate of drug-likeness (QED) is 0.657. The lowest BCUT2D eigenvalue weighted by Crippen LogP contribution is -2.15. The highest BCUT2D eigenvalue weighted by Crippen LogP contribution is 2.25. The number of aromatic nitrogens is 2. The summed E-state index contributed by atoms with van der Waals surface area (Å²) in [6, 6.07) is 12.3. The molecule has 0 aliphatic heterocycles. The first-order chi connectivity index (χ1) is 12.5. The summed E-state index contributed by atoms with van der Waals surface area (Å²) in [4.78, 5) is 20.6. The van der Waals surface area contributed by atoms with Crippen LogP contribution in [-0.4, -0.2) is 15.9 Å². The van der Waals surface area contributed by atoms with Gasteiger partial charge in [-0.05, 0) is 42.0 Å². The van der Waals surface area contributed by atoms with Crippen molar-refractivity contribution in [3.05, 3.63) is 81.8 Å². The number of rotatable bonds is 5. The minimum Gasteiger partial charge on any atom is -0.350 e. The van der Waals surface area contributed by atoms with Crippen LogP contribution in [0, 0.1) is 5.82 Å². The molecular formula is C18H13Cl2FN4O. The molecule has 1 amide bonds. The zero-order chi connectivity index (χ0) is 18.5. The van der Waals surface area contributed by atoms with Crippen molar-refractivity contribution >= 4 is 40.7 Å². The Kier molecular flexibility index (Phi) is 5.65. The molecule has 0 unspecified atom stereocenters. The second-order valence-electron chi connectivity index (χ2n) is 5.32. The molecule has 0 aliphatic carbocycles. The van der Waals surface area contributed by atoms with E-state index >= 15 is 0 Å². The third-order valence-electron chi connectivity index (χ3n) is 3.43. The number of hydrogen-bond acceptors (Lipinski definition) is 4. The van der Waals surface area contributed by atoms with Crippen molar-refractivity contribution in [3.63, 3.8) is 0 Å². The number of anilines is 2. The number of benzene rings is 2. The van der Waals surface area contributed by atoms with E-state index in [1.165, 1.54) is 30.5 Å². The SMILES string of the molecule is O=C(Nc1ccc(Cl)cc1Cl)c1ccnc(NCc2ccc(F)cc2)n1. The zero-order valence-electron chi connectivity index (χ0n) is 13.3. The van der Waals surface area contributed by atoms with Crippen LogP contribution in [0.2, 0.25) is 10.0 Å². The Hall–Kier alpha value is -2.70. The van der Waals surface area contributed by atoms with Gasteiger partial charge in [0.05, 0.1) is 10.7 Å². The molecule has 26 heavy (non-hydrogen) atoms. The third-order valence-corrected chi connectivity index (χ3v) is 3.98. The summed E-state index contributed by atoms with van der Waals surface area (Å²) in [7, 11) is 0. The van der Waals surface area contributed by atoms with E-state index in [9.17, 15) is 9.18 Å². The molecule has 1 aromatic heterocycles. The predicted molar refractivity (Wildman–Crippen MR) is 100 cm³/mol. The van der Waals surface area contributed by atoms with Crippen molar-refractivity contribution in [2.45, 2.75) is 6.54 Å². The molecule has 2 N–H and O–H groups in total. The molecule has 2 aromatic carbocycles. The maximum Gasteiger partial charge on any atom is 0.274 e. The first-order valence-electron chi connectivity index (χ1n) is 7.59. The van der Waals surface area contributed by atoms with Crippen LogP contribution >= 0.6 is 23.2 Å². The van der Waals surface area contributed by atoms with Gasteiger partial charge >= 0.3 is 0 Å².